The van der Waals surface area contributed by atoms with Gasteiger partial charge in [0.1, 0.15) is 23.4 Å². The predicted molar refractivity (Wildman–Crippen MR) is 130 cm³/mol. The van der Waals surface area contributed by atoms with Gasteiger partial charge >= 0.3 is 0 Å². The standard InChI is InChI=1S/C24H27N3O6S/c1-16(15-31-3)32-19-12-17(27-24(28)23-22(25-2)6-5-11-26-23)13-20(14-19)33-18-7-9-21(10-8-18)34(4,29)30/h5-14,16,25H,15H2,1-4H3,(H,27,28)/t16-/m0/s1. The molecule has 3 rings (SSSR count). The van der Waals surface area contributed by atoms with Crippen molar-refractivity contribution in [1.29, 1.82) is 0 Å². The van der Waals surface area contributed by atoms with E-state index in [0.29, 0.717) is 35.2 Å². The van der Waals surface area contributed by atoms with E-state index >= 15 is 0 Å². The summed E-state index contributed by atoms with van der Waals surface area (Å²) in [6.45, 7) is 2.23. The van der Waals surface area contributed by atoms with Gasteiger partial charge in [-0.15, -0.1) is 0 Å². The fourth-order valence-corrected chi connectivity index (χ4v) is 3.77. The predicted octanol–water partition coefficient (Wildman–Crippen LogP) is 3.99. The minimum atomic E-state index is -3.32. The van der Waals surface area contributed by atoms with E-state index in [1.165, 1.54) is 18.3 Å². The maximum absolute atomic E-state index is 12.9. The molecule has 1 aromatic heterocycles. The minimum absolute atomic E-state index is 0.189. The van der Waals surface area contributed by atoms with Gasteiger partial charge in [0, 0.05) is 50.5 Å². The Kier molecular flexibility index (Phi) is 8.08. The van der Waals surface area contributed by atoms with Crippen molar-refractivity contribution < 1.29 is 27.4 Å². The quantitative estimate of drug-likeness (QED) is 0.443. The molecular formula is C24H27N3O6S. The summed E-state index contributed by atoms with van der Waals surface area (Å²) in [4.78, 5) is 17.2. The molecule has 0 fully saturated rings. The van der Waals surface area contributed by atoms with Crippen molar-refractivity contribution in [2.75, 3.05) is 37.7 Å². The number of pyridine rings is 1. The number of amides is 1. The van der Waals surface area contributed by atoms with Crippen LogP contribution in [0.5, 0.6) is 17.2 Å². The highest BCUT2D eigenvalue weighted by Gasteiger charge is 2.15. The topological polar surface area (TPSA) is 116 Å². The van der Waals surface area contributed by atoms with Crippen LogP contribution < -0.4 is 20.1 Å². The summed E-state index contributed by atoms with van der Waals surface area (Å²) in [6, 6.07) is 14.5. The second-order valence-electron chi connectivity index (χ2n) is 7.53. The van der Waals surface area contributed by atoms with E-state index in [-0.39, 0.29) is 16.7 Å². The minimum Gasteiger partial charge on any atom is -0.488 e. The zero-order chi connectivity index (χ0) is 24.7. The Balaban J connectivity index is 1.89. The summed E-state index contributed by atoms with van der Waals surface area (Å²) < 4.78 is 40.3. The highest BCUT2D eigenvalue weighted by molar-refractivity contribution is 7.90. The Bertz CT molecular complexity index is 1250. The van der Waals surface area contributed by atoms with Crippen LogP contribution in [-0.4, -0.2) is 52.4 Å². The smallest absolute Gasteiger partial charge is 0.276 e. The Morgan fingerprint density at radius 3 is 2.41 bits per heavy atom. The normalized spacial score (nSPS) is 12.0. The molecule has 2 N–H and O–H groups in total. The van der Waals surface area contributed by atoms with Gasteiger partial charge in [-0.2, -0.15) is 0 Å². The molecular weight excluding hydrogens is 458 g/mol. The van der Waals surface area contributed by atoms with E-state index in [1.54, 1.807) is 56.6 Å². The highest BCUT2D eigenvalue weighted by Crippen LogP contribution is 2.31. The number of hydrogen-bond donors (Lipinski definition) is 2. The second-order valence-corrected chi connectivity index (χ2v) is 9.54. The average Bonchev–Trinajstić information content (AvgIpc) is 2.78. The first-order chi connectivity index (χ1) is 16.2. The van der Waals surface area contributed by atoms with Gasteiger partial charge in [-0.05, 0) is 43.3 Å². The fourth-order valence-electron chi connectivity index (χ4n) is 3.14. The number of aromatic nitrogens is 1. The number of nitrogens with one attached hydrogen (secondary N) is 2. The summed E-state index contributed by atoms with van der Waals surface area (Å²) >= 11 is 0. The number of carbonyl (C=O) groups excluding carboxylic acids is 1. The van der Waals surface area contributed by atoms with Crippen LogP contribution in [0.1, 0.15) is 17.4 Å². The van der Waals surface area contributed by atoms with E-state index < -0.39 is 15.7 Å². The number of ether oxygens (including phenoxy) is 3. The molecule has 0 spiro atoms. The van der Waals surface area contributed by atoms with Gasteiger partial charge < -0.3 is 24.8 Å². The van der Waals surface area contributed by atoms with Crippen molar-refractivity contribution in [1.82, 2.24) is 4.98 Å². The number of rotatable bonds is 10. The summed E-state index contributed by atoms with van der Waals surface area (Å²) in [5, 5.41) is 5.77. The monoisotopic (exact) mass is 485 g/mol. The molecule has 0 bridgehead atoms. The maximum atomic E-state index is 12.9. The molecule has 180 valence electrons. The van der Waals surface area contributed by atoms with Gasteiger partial charge in [0.2, 0.25) is 0 Å². The van der Waals surface area contributed by atoms with Crippen molar-refractivity contribution in [3.05, 3.63) is 66.5 Å². The van der Waals surface area contributed by atoms with Crippen LogP contribution in [-0.2, 0) is 14.6 Å². The largest absolute Gasteiger partial charge is 0.488 e. The SMILES string of the molecule is CNc1cccnc1C(=O)Nc1cc(Oc2ccc(S(C)(=O)=O)cc2)cc(O[C@@H](C)COC)c1. The highest BCUT2D eigenvalue weighted by atomic mass is 32.2. The molecule has 3 aromatic rings. The van der Waals surface area contributed by atoms with Crippen molar-refractivity contribution >= 4 is 27.1 Å². The summed E-state index contributed by atoms with van der Waals surface area (Å²) in [5.74, 6) is 0.865. The Morgan fingerprint density at radius 2 is 1.76 bits per heavy atom. The number of anilines is 2. The molecule has 34 heavy (non-hydrogen) atoms. The first kappa shape index (κ1) is 25.0. The number of sulfone groups is 1. The van der Waals surface area contributed by atoms with E-state index in [2.05, 4.69) is 15.6 Å². The molecule has 0 aliphatic carbocycles. The molecule has 1 atom stereocenters. The Hall–Kier alpha value is -3.63. The van der Waals surface area contributed by atoms with Crippen LogP contribution in [0.15, 0.2) is 65.7 Å². The van der Waals surface area contributed by atoms with Crippen LogP contribution in [0.3, 0.4) is 0 Å². The average molecular weight is 486 g/mol. The van der Waals surface area contributed by atoms with Crippen LogP contribution >= 0.6 is 0 Å². The van der Waals surface area contributed by atoms with Crippen LogP contribution in [0.4, 0.5) is 11.4 Å². The molecule has 2 aromatic carbocycles. The van der Waals surface area contributed by atoms with Gasteiger partial charge in [-0.3, -0.25) is 4.79 Å². The van der Waals surface area contributed by atoms with Gasteiger partial charge in [-0.25, -0.2) is 13.4 Å². The van der Waals surface area contributed by atoms with Gasteiger partial charge in [0.25, 0.3) is 5.91 Å². The lowest BCUT2D eigenvalue weighted by Crippen LogP contribution is -2.18. The van der Waals surface area contributed by atoms with Crippen LogP contribution in [0.25, 0.3) is 0 Å². The zero-order valence-corrected chi connectivity index (χ0v) is 20.2. The number of hydrogen-bond acceptors (Lipinski definition) is 8. The molecule has 0 aliphatic rings. The summed E-state index contributed by atoms with van der Waals surface area (Å²) in [6.07, 6.45) is 2.43. The molecule has 1 amide bonds. The zero-order valence-electron chi connectivity index (χ0n) is 19.4. The third-order valence-corrected chi connectivity index (χ3v) is 5.78. The number of methoxy groups -OCH3 is 1. The molecule has 0 aliphatic heterocycles. The van der Waals surface area contributed by atoms with Crippen molar-refractivity contribution in [2.45, 2.75) is 17.9 Å². The van der Waals surface area contributed by atoms with Gasteiger partial charge in [0.15, 0.2) is 15.5 Å². The number of carbonyl (C=O) groups is 1. The lowest BCUT2D eigenvalue weighted by Gasteiger charge is -2.17. The first-order valence-electron chi connectivity index (χ1n) is 10.4. The third kappa shape index (κ3) is 6.69. The second kappa shape index (κ2) is 11.0. The maximum Gasteiger partial charge on any atom is 0.276 e. The molecule has 0 radical (unpaired) electrons. The summed E-state index contributed by atoms with van der Waals surface area (Å²) in [7, 11) is -0.0269. The fraction of sp³-hybridized carbons (Fsp3) is 0.250. The van der Waals surface area contributed by atoms with Crippen molar-refractivity contribution in [3.63, 3.8) is 0 Å². The lowest BCUT2D eigenvalue weighted by molar-refractivity contribution is 0.0920. The van der Waals surface area contributed by atoms with Crippen molar-refractivity contribution in [3.8, 4) is 17.2 Å². The summed E-state index contributed by atoms with van der Waals surface area (Å²) in [5.41, 5.74) is 1.26. The molecule has 0 saturated carbocycles. The lowest BCUT2D eigenvalue weighted by atomic mass is 10.2. The van der Waals surface area contributed by atoms with E-state index in [0.717, 1.165) is 6.26 Å². The van der Waals surface area contributed by atoms with Crippen LogP contribution in [0, 0.1) is 0 Å². The van der Waals surface area contributed by atoms with Crippen LogP contribution in [0.2, 0.25) is 0 Å². The van der Waals surface area contributed by atoms with E-state index in [4.69, 9.17) is 14.2 Å². The van der Waals surface area contributed by atoms with Crippen molar-refractivity contribution in [2.24, 2.45) is 0 Å². The van der Waals surface area contributed by atoms with E-state index in [1.807, 2.05) is 6.92 Å². The van der Waals surface area contributed by atoms with E-state index in [9.17, 15) is 13.2 Å². The number of benzene rings is 2. The molecule has 10 heteroatoms. The first-order valence-corrected chi connectivity index (χ1v) is 12.3. The van der Waals surface area contributed by atoms with Gasteiger partial charge in [-0.1, -0.05) is 0 Å². The molecule has 1 heterocycles. The Morgan fingerprint density at radius 1 is 1.06 bits per heavy atom. The third-order valence-electron chi connectivity index (χ3n) is 4.66. The molecule has 9 nitrogen and oxygen atoms in total. The molecule has 0 unspecified atom stereocenters. The number of nitrogens with zero attached hydrogens (tertiary/aromatic N) is 1. The molecule has 0 saturated heterocycles. The Labute approximate surface area is 199 Å². The van der Waals surface area contributed by atoms with Gasteiger partial charge in [0.05, 0.1) is 17.2 Å².